The summed E-state index contributed by atoms with van der Waals surface area (Å²) in [5, 5.41) is 9.16. The molecule has 5 heteroatoms. The highest BCUT2D eigenvalue weighted by Crippen LogP contribution is 2.21. The molecule has 0 aliphatic heterocycles. The number of hydrogen-bond acceptors (Lipinski definition) is 3. The number of nitrogens with zero attached hydrogens (tertiary/aromatic N) is 1. The predicted octanol–water partition coefficient (Wildman–Crippen LogP) is 0.563. The number of amides is 2. The second kappa shape index (κ2) is 5.16. The molecule has 0 saturated carbocycles. The zero-order chi connectivity index (χ0) is 13.0. The molecule has 0 aliphatic rings. The first-order valence-corrected chi connectivity index (χ1v) is 4.95. The summed E-state index contributed by atoms with van der Waals surface area (Å²) in [5.41, 5.74) is 5.81. The number of nitrogens with two attached hydrogens (primary N) is 1. The largest absolute Gasteiger partial charge is 0.508 e. The summed E-state index contributed by atoms with van der Waals surface area (Å²) in [4.78, 5) is 24.0. The Balaban J connectivity index is 3.09. The van der Waals surface area contributed by atoms with E-state index < -0.39 is 17.9 Å². The molecular formula is C12H14N2O3. The fourth-order valence-electron chi connectivity index (χ4n) is 1.51. The Bertz CT molecular complexity index is 440. The van der Waals surface area contributed by atoms with Crippen LogP contribution < -0.4 is 5.73 Å². The average Bonchev–Trinajstić information content (AvgIpc) is 2.30. The van der Waals surface area contributed by atoms with Crippen LogP contribution in [0.1, 0.15) is 11.6 Å². The molecule has 1 atom stereocenters. The second-order valence-corrected chi connectivity index (χ2v) is 3.55. The average molecular weight is 234 g/mol. The number of carbonyl (C=O) groups is 2. The third-order valence-electron chi connectivity index (χ3n) is 2.39. The van der Waals surface area contributed by atoms with Gasteiger partial charge in [0, 0.05) is 7.05 Å². The minimum atomic E-state index is -0.874. The number of rotatable bonds is 4. The van der Waals surface area contributed by atoms with Crippen LogP contribution in [0.5, 0.6) is 5.75 Å². The summed E-state index contributed by atoms with van der Waals surface area (Å²) in [6.45, 7) is 3.35. The number of aromatic hydroxyl groups is 1. The number of primary amides is 1. The van der Waals surface area contributed by atoms with Crippen molar-refractivity contribution in [2.24, 2.45) is 5.73 Å². The summed E-state index contributed by atoms with van der Waals surface area (Å²) < 4.78 is 0. The van der Waals surface area contributed by atoms with Crippen molar-refractivity contribution in [3.05, 3.63) is 42.5 Å². The first kappa shape index (κ1) is 12.8. The number of benzene rings is 1. The van der Waals surface area contributed by atoms with Crippen molar-refractivity contribution in [3.8, 4) is 5.75 Å². The maximum Gasteiger partial charge on any atom is 0.246 e. The van der Waals surface area contributed by atoms with E-state index in [2.05, 4.69) is 6.58 Å². The summed E-state index contributed by atoms with van der Waals surface area (Å²) in [5.74, 6) is -0.968. The molecule has 0 fully saturated rings. The van der Waals surface area contributed by atoms with Crippen molar-refractivity contribution >= 4 is 11.8 Å². The first-order chi connectivity index (χ1) is 7.97. The van der Waals surface area contributed by atoms with Gasteiger partial charge in [0.25, 0.3) is 0 Å². The Morgan fingerprint density at radius 2 is 1.94 bits per heavy atom. The van der Waals surface area contributed by atoms with Crippen molar-refractivity contribution in [3.63, 3.8) is 0 Å². The van der Waals surface area contributed by atoms with E-state index in [1.807, 2.05) is 0 Å². The van der Waals surface area contributed by atoms with Gasteiger partial charge in [-0.15, -0.1) is 0 Å². The van der Waals surface area contributed by atoms with E-state index in [1.54, 1.807) is 0 Å². The fourth-order valence-corrected chi connectivity index (χ4v) is 1.51. The summed E-state index contributed by atoms with van der Waals surface area (Å²) in [6, 6.07) is 5.06. The van der Waals surface area contributed by atoms with Gasteiger partial charge < -0.3 is 15.7 Å². The molecule has 3 N–H and O–H groups in total. The SMILES string of the molecule is C=CC(=O)N(C)C(C(N)=O)c1ccc(O)cc1. The molecule has 0 aromatic heterocycles. The number of hydrogen-bond donors (Lipinski definition) is 2. The zero-order valence-electron chi connectivity index (χ0n) is 9.46. The van der Waals surface area contributed by atoms with Gasteiger partial charge >= 0.3 is 0 Å². The van der Waals surface area contributed by atoms with Gasteiger partial charge in [0.2, 0.25) is 11.8 Å². The minimum absolute atomic E-state index is 0.0784. The van der Waals surface area contributed by atoms with Crippen LogP contribution in [0.4, 0.5) is 0 Å². The Hall–Kier alpha value is -2.30. The predicted molar refractivity (Wildman–Crippen MR) is 63.0 cm³/mol. The van der Waals surface area contributed by atoms with E-state index in [4.69, 9.17) is 10.8 Å². The molecule has 90 valence electrons. The van der Waals surface area contributed by atoms with Crippen LogP contribution in [0.25, 0.3) is 0 Å². The number of carbonyl (C=O) groups excluding carboxylic acids is 2. The van der Waals surface area contributed by atoms with Crippen LogP contribution in [0.3, 0.4) is 0 Å². The lowest BCUT2D eigenvalue weighted by Gasteiger charge is -2.24. The minimum Gasteiger partial charge on any atom is -0.508 e. The van der Waals surface area contributed by atoms with E-state index in [0.29, 0.717) is 5.56 Å². The molecule has 0 saturated heterocycles. The van der Waals surface area contributed by atoms with Crippen molar-refractivity contribution in [1.82, 2.24) is 4.90 Å². The smallest absolute Gasteiger partial charge is 0.246 e. The van der Waals surface area contributed by atoms with Crippen LogP contribution in [-0.2, 0) is 9.59 Å². The molecule has 17 heavy (non-hydrogen) atoms. The Kier molecular flexibility index (Phi) is 3.87. The van der Waals surface area contributed by atoms with Gasteiger partial charge in [-0.1, -0.05) is 18.7 Å². The topological polar surface area (TPSA) is 83.6 Å². The summed E-state index contributed by atoms with van der Waals surface area (Å²) >= 11 is 0. The maximum absolute atomic E-state index is 11.4. The lowest BCUT2D eigenvalue weighted by molar-refractivity contribution is -0.134. The summed E-state index contributed by atoms with van der Waals surface area (Å²) in [6.07, 6.45) is 1.11. The maximum atomic E-state index is 11.4. The van der Waals surface area contributed by atoms with Gasteiger partial charge in [0.1, 0.15) is 11.8 Å². The molecule has 1 unspecified atom stereocenters. The molecule has 0 heterocycles. The van der Waals surface area contributed by atoms with E-state index in [1.165, 1.54) is 36.2 Å². The molecule has 5 nitrogen and oxygen atoms in total. The van der Waals surface area contributed by atoms with Crippen LogP contribution in [-0.4, -0.2) is 28.9 Å². The van der Waals surface area contributed by atoms with Crippen molar-refractivity contribution in [1.29, 1.82) is 0 Å². The third-order valence-corrected chi connectivity index (χ3v) is 2.39. The van der Waals surface area contributed by atoms with Crippen molar-refractivity contribution in [2.45, 2.75) is 6.04 Å². The third kappa shape index (κ3) is 2.84. The van der Waals surface area contributed by atoms with Gasteiger partial charge in [-0.25, -0.2) is 0 Å². The highest BCUT2D eigenvalue weighted by atomic mass is 16.3. The van der Waals surface area contributed by atoms with Crippen molar-refractivity contribution in [2.75, 3.05) is 7.05 Å². The van der Waals surface area contributed by atoms with Crippen LogP contribution in [0, 0.1) is 0 Å². The summed E-state index contributed by atoms with van der Waals surface area (Å²) in [7, 11) is 1.46. The quantitative estimate of drug-likeness (QED) is 0.747. The zero-order valence-corrected chi connectivity index (χ0v) is 9.46. The number of phenolic OH excluding ortho intramolecular Hbond substituents is 1. The highest BCUT2D eigenvalue weighted by molar-refractivity contribution is 5.92. The highest BCUT2D eigenvalue weighted by Gasteiger charge is 2.25. The first-order valence-electron chi connectivity index (χ1n) is 4.95. The lowest BCUT2D eigenvalue weighted by atomic mass is 10.0. The van der Waals surface area contributed by atoms with Crippen LogP contribution >= 0.6 is 0 Å². The molecule has 1 rings (SSSR count). The molecule has 0 spiro atoms. The molecule has 2 amide bonds. The van der Waals surface area contributed by atoms with E-state index in [-0.39, 0.29) is 5.75 Å². The molecule has 1 aromatic rings. The molecular weight excluding hydrogens is 220 g/mol. The van der Waals surface area contributed by atoms with E-state index in [0.717, 1.165) is 6.08 Å². The van der Waals surface area contributed by atoms with Crippen molar-refractivity contribution < 1.29 is 14.7 Å². The molecule has 0 bridgehead atoms. The standard InChI is InChI=1S/C12H14N2O3/c1-3-10(16)14(2)11(12(13)17)8-4-6-9(15)7-5-8/h3-7,11,15H,1H2,2H3,(H2,13,17). The number of phenols is 1. The Morgan fingerprint density at radius 1 is 1.41 bits per heavy atom. The molecule has 0 radical (unpaired) electrons. The number of likely N-dealkylation sites (N-methyl/N-ethyl adjacent to an activating group) is 1. The Labute approximate surface area is 99.1 Å². The van der Waals surface area contributed by atoms with Gasteiger partial charge in [-0.05, 0) is 23.8 Å². The normalized spacial score (nSPS) is 11.6. The lowest BCUT2D eigenvalue weighted by Crippen LogP contribution is -2.38. The van der Waals surface area contributed by atoms with Gasteiger partial charge in [0.05, 0.1) is 0 Å². The van der Waals surface area contributed by atoms with E-state index >= 15 is 0 Å². The van der Waals surface area contributed by atoms with Gasteiger partial charge in [-0.3, -0.25) is 9.59 Å². The fraction of sp³-hybridized carbons (Fsp3) is 0.167. The molecule has 1 aromatic carbocycles. The van der Waals surface area contributed by atoms with Gasteiger partial charge in [0.15, 0.2) is 0 Å². The monoisotopic (exact) mass is 234 g/mol. The molecule has 0 aliphatic carbocycles. The van der Waals surface area contributed by atoms with E-state index in [9.17, 15) is 9.59 Å². The van der Waals surface area contributed by atoms with Crippen LogP contribution in [0.15, 0.2) is 36.9 Å². The Morgan fingerprint density at radius 3 is 2.35 bits per heavy atom. The van der Waals surface area contributed by atoms with Gasteiger partial charge in [-0.2, -0.15) is 0 Å². The second-order valence-electron chi connectivity index (χ2n) is 3.55. The van der Waals surface area contributed by atoms with Crippen LogP contribution in [0.2, 0.25) is 0 Å².